The fraction of sp³-hybridized carbons (Fsp3) is 0.250. The van der Waals surface area contributed by atoms with Gasteiger partial charge in [-0.25, -0.2) is 9.59 Å². The van der Waals surface area contributed by atoms with Crippen molar-refractivity contribution in [2.45, 2.75) is 12.5 Å². The minimum atomic E-state index is -0.818. The topological polar surface area (TPSA) is 72.9 Å². The lowest BCUT2D eigenvalue weighted by atomic mass is 9.78. The zero-order valence-electron chi connectivity index (χ0n) is 14.8. The highest BCUT2D eigenvalue weighted by molar-refractivity contribution is 6.04. The van der Waals surface area contributed by atoms with E-state index in [4.69, 9.17) is 9.47 Å². The van der Waals surface area contributed by atoms with Gasteiger partial charge in [0.1, 0.15) is 5.54 Å². The van der Waals surface area contributed by atoms with Crippen molar-refractivity contribution in [3.63, 3.8) is 0 Å². The molecule has 0 aromatic heterocycles. The molecule has 0 spiro atoms. The molecule has 0 amide bonds. The lowest BCUT2D eigenvalue weighted by Gasteiger charge is -2.50. The number of hydrogen-bond donors (Lipinski definition) is 0. The summed E-state index contributed by atoms with van der Waals surface area (Å²) in [5.41, 5.74) is 1.68. The molecule has 1 aliphatic heterocycles. The van der Waals surface area contributed by atoms with Gasteiger partial charge in [0.2, 0.25) is 0 Å². The number of methoxy groups -OCH3 is 2. The van der Waals surface area contributed by atoms with Crippen LogP contribution < -0.4 is 4.90 Å². The van der Waals surface area contributed by atoms with E-state index in [1.54, 1.807) is 48.5 Å². The monoisotopic (exact) mass is 353 g/mol. The van der Waals surface area contributed by atoms with Crippen LogP contribution >= 0.6 is 0 Å². The fourth-order valence-electron chi connectivity index (χ4n) is 3.13. The Balaban J connectivity index is 1.89. The second-order valence-corrected chi connectivity index (χ2v) is 6.19. The Morgan fingerprint density at radius 3 is 1.77 bits per heavy atom. The molecule has 2 aromatic rings. The first-order valence-corrected chi connectivity index (χ1v) is 8.10. The molecular weight excluding hydrogens is 334 g/mol. The van der Waals surface area contributed by atoms with E-state index in [1.807, 2.05) is 11.8 Å². The molecule has 6 nitrogen and oxygen atoms in total. The van der Waals surface area contributed by atoms with Crippen LogP contribution in [0.3, 0.4) is 0 Å². The molecule has 2 aromatic carbocycles. The van der Waals surface area contributed by atoms with Gasteiger partial charge in [0.25, 0.3) is 0 Å². The normalized spacial score (nSPS) is 18.9. The van der Waals surface area contributed by atoms with Crippen LogP contribution in [0.15, 0.2) is 48.5 Å². The summed E-state index contributed by atoms with van der Waals surface area (Å²) in [4.78, 5) is 37.5. The highest BCUT2D eigenvalue weighted by atomic mass is 16.5. The van der Waals surface area contributed by atoms with Crippen molar-refractivity contribution in [1.82, 2.24) is 0 Å². The van der Waals surface area contributed by atoms with Crippen LogP contribution in [0, 0.1) is 0 Å². The van der Waals surface area contributed by atoms with Crippen molar-refractivity contribution in [3.05, 3.63) is 65.2 Å². The number of rotatable bonds is 4. The third kappa shape index (κ3) is 2.73. The van der Waals surface area contributed by atoms with Gasteiger partial charge < -0.3 is 14.4 Å². The van der Waals surface area contributed by atoms with Crippen molar-refractivity contribution in [3.8, 4) is 0 Å². The van der Waals surface area contributed by atoms with Crippen molar-refractivity contribution in [1.29, 1.82) is 0 Å². The van der Waals surface area contributed by atoms with E-state index < -0.39 is 17.5 Å². The first-order valence-electron chi connectivity index (χ1n) is 8.10. The first-order chi connectivity index (χ1) is 12.4. The van der Waals surface area contributed by atoms with Crippen LogP contribution in [-0.4, -0.2) is 38.5 Å². The van der Waals surface area contributed by atoms with Gasteiger partial charge in [-0.1, -0.05) is 12.1 Å². The van der Waals surface area contributed by atoms with Gasteiger partial charge in [-0.15, -0.1) is 0 Å². The number of benzene rings is 2. The Labute approximate surface area is 151 Å². The van der Waals surface area contributed by atoms with Gasteiger partial charge >= 0.3 is 11.9 Å². The maximum atomic E-state index is 12.4. The van der Waals surface area contributed by atoms with Crippen molar-refractivity contribution < 1.29 is 23.9 Å². The number of esters is 2. The molecule has 1 fully saturated rings. The third-order valence-corrected chi connectivity index (χ3v) is 4.85. The highest BCUT2D eigenvalue weighted by Gasteiger charge is 2.50. The van der Waals surface area contributed by atoms with Crippen molar-refractivity contribution >= 4 is 23.4 Å². The Kier molecular flexibility index (Phi) is 4.50. The number of ketones is 1. The summed E-state index contributed by atoms with van der Waals surface area (Å²) in [6.45, 7) is 2.13. The quantitative estimate of drug-likeness (QED) is 0.787. The highest BCUT2D eigenvalue weighted by Crippen LogP contribution is 2.41. The molecule has 0 bridgehead atoms. The van der Waals surface area contributed by atoms with Gasteiger partial charge in [0, 0.05) is 5.69 Å². The summed E-state index contributed by atoms with van der Waals surface area (Å²) in [6, 6.07) is 13.8. The van der Waals surface area contributed by atoms with Crippen LogP contribution in [0.1, 0.15) is 33.2 Å². The van der Waals surface area contributed by atoms with Gasteiger partial charge in [-0.2, -0.15) is 0 Å². The Morgan fingerprint density at radius 1 is 0.885 bits per heavy atom. The number of anilines is 1. The van der Waals surface area contributed by atoms with E-state index in [0.29, 0.717) is 11.1 Å². The zero-order valence-corrected chi connectivity index (χ0v) is 14.8. The number of nitrogens with zero attached hydrogens (tertiary/aromatic N) is 1. The van der Waals surface area contributed by atoms with E-state index in [1.165, 1.54) is 14.2 Å². The molecular formula is C20H19NO5. The SMILES string of the molecule is COC(=O)c1ccc(N2CC(=O)C2(C)c2ccc(C(=O)OC)cc2)cc1. The minimum Gasteiger partial charge on any atom is -0.465 e. The van der Waals surface area contributed by atoms with E-state index in [0.717, 1.165) is 11.3 Å². The number of Topliss-reactive ketones (excluding diaryl/α,β-unsaturated/α-hetero) is 1. The van der Waals surface area contributed by atoms with E-state index in [2.05, 4.69) is 0 Å². The first kappa shape index (κ1) is 17.7. The van der Waals surface area contributed by atoms with Gasteiger partial charge in [0.05, 0.1) is 31.9 Å². The summed E-state index contributed by atoms with van der Waals surface area (Å²) in [7, 11) is 2.66. The van der Waals surface area contributed by atoms with Crippen LogP contribution in [0.4, 0.5) is 5.69 Å². The van der Waals surface area contributed by atoms with Crippen LogP contribution in [-0.2, 0) is 19.8 Å². The van der Waals surface area contributed by atoms with E-state index in [9.17, 15) is 14.4 Å². The number of ether oxygens (including phenoxy) is 2. The number of carbonyl (C=O) groups is 3. The van der Waals surface area contributed by atoms with E-state index >= 15 is 0 Å². The van der Waals surface area contributed by atoms with Gasteiger partial charge in [0.15, 0.2) is 5.78 Å². The van der Waals surface area contributed by atoms with Gasteiger partial charge in [-0.3, -0.25) is 4.79 Å². The summed E-state index contributed by atoms with van der Waals surface area (Å²) < 4.78 is 9.40. The van der Waals surface area contributed by atoms with Crippen LogP contribution in [0.25, 0.3) is 0 Å². The summed E-state index contributed by atoms with van der Waals surface area (Å²) in [5.74, 6) is -0.741. The molecule has 0 aliphatic carbocycles. The standard InChI is InChI=1S/C20H19NO5/c1-20(15-8-4-13(5-9-15)18(23)25-2)17(22)12-21(20)16-10-6-14(7-11-16)19(24)26-3/h4-11H,12H2,1-3H3. The molecule has 3 rings (SSSR count). The average molecular weight is 353 g/mol. The molecule has 0 N–H and O–H groups in total. The Morgan fingerprint density at radius 2 is 1.35 bits per heavy atom. The summed E-state index contributed by atoms with van der Waals surface area (Å²) in [6.07, 6.45) is 0. The largest absolute Gasteiger partial charge is 0.465 e. The molecule has 1 heterocycles. The lowest BCUT2D eigenvalue weighted by Crippen LogP contribution is -2.64. The summed E-state index contributed by atoms with van der Waals surface area (Å²) >= 11 is 0. The van der Waals surface area contributed by atoms with Crippen LogP contribution in [0.5, 0.6) is 0 Å². The van der Waals surface area contributed by atoms with Gasteiger partial charge in [-0.05, 0) is 48.9 Å². The Bertz CT molecular complexity index is 857. The zero-order chi connectivity index (χ0) is 18.9. The van der Waals surface area contributed by atoms with Crippen LogP contribution in [0.2, 0.25) is 0 Å². The predicted molar refractivity (Wildman–Crippen MR) is 95.3 cm³/mol. The number of hydrogen-bond acceptors (Lipinski definition) is 6. The fourth-order valence-corrected chi connectivity index (χ4v) is 3.13. The average Bonchev–Trinajstić information content (AvgIpc) is 2.70. The number of carbonyl (C=O) groups excluding carboxylic acids is 3. The molecule has 0 radical (unpaired) electrons. The summed E-state index contributed by atoms with van der Waals surface area (Å²) in [5, 5.41) is 0. The van der Waals surface area contributed by atoms with Crippen molar-refractivity contribution in [2.24, 2.45) is 0 Å². The smallest absolute Gasteiger partial charge is 0.337 e. The molecule has 0 saturated carbocycles. The maximum absolute atomic E-state index is 12.4. The molecule has 1 saturated heterocycles. The Hall–Kier alpha value is -3.15. The minimum absolute atomic E-state index is 0.0837. The maximum Gasteiger partial charge on any atom is 0.337 e. The molecule has 1 unspecified atom stereocenters. The molecule has 1 atom stereocenters. The second kappa shape index (κ2) is 6.63. The molecule has 6 heteroatoms. The molecule has 134 valence electrons. The predicted octanol–water partition coefficient (Wildman–Crippen LogP) is 2.56. The molecule has 1 aliphatic rings. The second-order valence-electron chi connectivity index (χ2n) is 6.19. The molecule has 26 heavy (non-hydrogen) atoms. The van der Waals surface area contributed by atoms with E-state index in [-0.39, 0.29) is 12.3 Å². The van der Waals surface area contributed by atoms with Crippen molar-refractivity contribution in [2.75, 3.05) is 25.7 Å². The third-order valence-electron chi connectivity index (χ3n) is 4.85. The lowest BCUT2D eigenvalue weighted by molar-refractivity contribution is -0.128.